The summed E-state index contributed by atoms with van der Waals surface area (Å²) in [5.74, 6) is -2.62. The van der Waals surface area contributed by atoms with Crippen molar-refractivity contribution in [3.8, 4) is 0 Å². The zero-order chi connectivity index (χ0) is 9.53. The van der Waals surface area contributed by atoms with Crippen LogP contribution < -0.4 is 0 Å². The monoisotopic (exact) mass is 190 g/mol. The summed E-state index contributed by atoms with van der Waals surface area (Å²) in [7, 11) is 0. The standard InChI is InChI=1S/C8H12F2N2O/c9-8(10)4-7(5-11-13)2-1-3-12(7)6-8/h1-6H2. The molecule has 0 aromatic carbocycles. The lowest BCUT2D eigenvalue weighted by Gasteiger charge is -2.27. The molecule has 0 bridgehead atoms. The molecule has 0 aliphatic carbocycles. The fourth-order valence-electron chi connectivity index (χ4n) is 2.61. The molecule has 0 N–H and O–H groups in total. The van der Waals surface area contributed by atoms with Gasteiger partial charge in [0.15, 0.2) is 0 Å². The minimum absolute atomic E-state index is 0.0165. The zero-order valence-corrected chi connectivity index (χ0v) is 7.30. The van der Waals surface area contributed by atoms with Crippen molar-refractivity contribution >= 4 is 0 Å². The number of hydrogen-bond acceptors (Lipinski definition) is 3. The van der Waals surface area contributed by atoms with E-state index >= 15 is 0 Å². The molecule has 2 saturated heterocycles. The third-order valence-corrected chi connectivity index (χ3v) is 3.11. The van der Waals surface area contributed by atoms with E-state index in [0.29, 0.717) is 13.0 Å². The Hall–Kier alpha value is -0.580. The summed E-state index contributed by atoms with van der Waals surface area (Å²) in [6.45, 7) is 0.510. The Morgan fingerprint density at radius 1 is 1.46 bits per heavy atom. The molecule has 1 unspecified atom stereocenters. The molecule has 2 aliphatic rings. The summed E-state index contributed by atoms with van der Waals surface area (Å²) < 4.78 is 26.1. The molecule has 1 atom stereocenters. The average molecular weight is 190 g/mol. The molecule has 5 heteroatoms. The molecule has 2 aliphatic heterocycles. The summed E-state index contributed by atoms with van der Waals surface area (Å²) in [5, 5.41) is 2.79. The van der Waals surface area contributed by atoms with Gasteiger partial charge in [0, 0.05) is 12.0 Å². The van der Waals surface area contributed by atoms with Crippen LogP contribution in [0.2, 0.25) is 0 Å². The first kappa shape index (κ1) is 8.99. The van der Waals surface area contributed by atoms with Crippen LogP contribution in [0.3, 0.4) is 0 Å². The predicted octanol–water partition coefficient (Wildman–Crippen LogP) is 1.63. The molecule has 0 aromatic heterocycles. The van der Waals surface area contributed by atoms with Crippen molar-refractivity contribution < 1.29 is 8.78 Å². The molecular formula is C8H12F2N2O. The highest BCUT2D eigenvalue weighted by atomic mass is 19.3. The maximum atomic E-state index is 13.0. The van der Waals surface area contributed by atoms with Crippen LogP contribution in [-0.2, 0) is 0 Å². The van der Waals surface area contributed by atoms with Crippen molar-refractivity contribution in [2.45, 2.75) is 30.7 Å². The molecule has 74 valence electrons. The van der Waals surface area contributed by atoms with E-state index in [-0.39, 0.29) is 19.5 Å². The van der Waals surface area contributed by atoms with Gasteiger partial charge < -0.3 is 0 Å². The molecule has 0 radical (unpaired) electrons. The van der Waals surface area contributed by atoms with Crippen LogP contribution in [0.15, 0.2) is 5.18 Å². The fourth-order valence-corrected chi connectivity index (χ4v) is 2.61. The SMILES string of the molecule is O=NCC12CCCN1CC(F)(F)C2. The molecule has 0 amide bonds. The van der Waals surface area contributed by atoms with Crippen molar-refractivity contribution in [1.29, 1.82) is 0 Å². The number of nitrogens with zero attached hydrogens (tertiary/aromatic N) is 2. The van der Waals surface area contributed by atoms with E-state index in [1.807, 2.05) is 0 Å². The van der Waals surface area contributed by atoms with Gasteiger partial charge in [0.25, 0.3) is 5.92 Å². The summed E-state index contributed by atoms with van der Waals surface area (Å²) in [6, 6.07) is 0. The van der Waals surface area contributed by atoms with Crippen LogP contribution in [0.1, 0.15) is 19.3 Å². The van der Waals surface area contributed by atoms with Crippen molar-refractivity contribution in [1.82, 2.24) is 4.90 Å². The van der Waals surface area contributed by atoms with Crippen molar-refractivity contribution in [3.63, 3.8) is 0 Å². The Morgan fingerprint density at radius 2 is 2.23 bits per heavy atom. The quantitative estimate of drug-likeness (QED) is 0.620. The van der Waals surface area contributed by atoms with E-state index in [4.69, 9.17) is 0 Å². The smallest absolute Gasteiger partial charge is 0.262 e. The lowest BCUT2D eigenvalue weighted by atomic mass is 9.93. The second-order valence-corrected chi connectivity index (χ2v) is 4.07. The predicted molar refractivity (Wildman–Crippen MR) is 43.8 cm³/mol. The highest BCUT2D eigenvalue weighted by molar-refractivity contribution is 5.07. The molecule has 13 heavy (non-hydrogen) atoms. The molecule has 0 saturated carbocycles. The van der Waals surface area contributed by atoms with Gasteiger partial charge in [-0.2, -0.15) is 4.91 Å². The summed E-state index contributed by atoms with van der Waals surface area (Å²) in [5.41, 5.74) is -0.606. The number of fused-ring (bicyclic) bond motifs is 1. The lowest BCUT2D eigenvalue weighted by molar-refractivity contribution is 0.00970. The maximum Gasteiger partial charge on any atom is 0.262 e. The summed E-state index contributed by atoms with van der Waals surface area (Å²) >= 11 is 0. The highest BCUT2D eigenvalue weighted by Crippen LogP contribution is 2.45. The molecular weight excluding hydrogens is 178 g/mol. The first-order valence-electron chi connectivity index (χ1n) is 4.50. The summed E-state index contributed by atoms with van der Waals surface area (Å²) in [4.78, 5) is 11.9. The summed E-state index contributed by atoms with van der Waals surface area (Å²) in [6.07, 6.45) is 1.41. The van der Waals surface area contributed by atoms with Gasteiger partial charge in [0.05, 0.1) is 13.1 Å². The van der Waals surface area contributed by atoms with Gasteiger partial charge >= 0.3 is 0 Å². The lowest BCUT2D eigenvalue weighted by Crippen LogP contribution is -2.40. The molecule has 2 rings (SSSR count). The number of halogens is 2. The van der Waals surface area contributed by atoms with Crippen LogP contribution in [0.5, 0.6) is 0 Å². The average Bonchev–Trinajstić information content (AvgIpc) is 2.40. The van der Waals surface area contributed by atoms with E-state index in [1.54, 1.807) is 4.90 Å². The van der Waals surface area contributed by atoms with Crippen LogP contribution >= 0.6 is 0 Å². The zero-order valence-electron chi connectivity index (χ0n) is 7.30. The van der Waals surface area contributed by atoms with Gasteiger partial charge in [0.1, 0.15) is 0 Å². The first-order valence-corrected chi connectivity index (χ1v) is 4.50. The molecule has 2 heterocycles. The molecule has 0 spiro atoms. The Labute approximate surface area is 75.1 Å². The van der Waals surface area contributed by atoms with Crippen molar-refractivity contribution in [2.24, 2.45) is 5.18 Å². The van der Waals surface area contributed by atoms with E-state index in [1.165, 1.54) is 0 Å². The Kier molecular flexibility index (Phi) is 1.87. The minimum atomic E-state index is -2.62. The highest BCUT2D eigenvalue weighted by Gasteiger charge is 2.56. The fraction of sp³-hybridized carbons (Fsp3) is 1.00. The topological polar surface area (TPSA) is 32.7 Å². The van der Waals surface area contributed by atoms with Crippen LogP contribution in [0.4, 0.5) is 8.78 Å². The number of alkyl halides is 2. The Morgan fingerprint density at radius 3 is 2.92 bits per heavy atom. The number of rotatable bonds is 2. The minimum Gasteiger partial charge on any atom is -0.290 e. The van der Waals surface area contributed by atoms with Crippen LogP contribution in [0, 0.1) is 4.91 Å². The second kappa shape index (κ2) is 2.70. The normalized spacial score (nSPS) is 37.7. The van der Waals surface area contributed by atoms with E-state index < -0.39 is 11.5 Å². The van der Waals surface area contributed by atoms with Crippen LogP contribution in [0.25, 0.3) is 0 Å². The van der Waals surface area contributed by atoms with Crippen LogP contribution in [-0.4, -0.2) is 36.0 Å². The third kappa shape index (κ3) is 1.35. The first-order chi connectivity index (χ1) is 6.08. The van der Waals surface area contributed by atoms with Crippen molar-refractivity contribution in [2.75, 3.05) is 19.6 Å². The third-order valence-electron chi connectivity index (χ3n) is 3.11. The Balaban J connectivity index is 2.19. The molecule has 2 fully saturated rings. The Bertz CT molecular complexity index is 234. The largest absolute Gasteiger partial charge is 0.290 e. The van der Waals surface area contributed by atoms with Gasteiger partial charge in [-0.15, -0.1) is 0 Å². The molecule has 0 aromatic rings. The molecule has 3 nitrogen and oxygen atoms in total. The van der Waals surface area contributed by atoms with Gasteiger partial charge in [-0.25, -0.2) is 8.78 Å². The van der Waals surface area contributed by atoms with Crippen molar-refractivity contribution in [3.05, 3.63) is 4.91 Å². The maximum absolute atomic E-state index is 13.0. The number of hydrogen-bond donors (Lipinski definition) is 0. The van der Waals surface area contributed by atoms with Gasteiger partial charge in [-0.3, -0.25) is 4.90 Å². The van der Waals surface area contributed by atoms with Gasteiger partial charge in [-0.05, 0) is 19.4 Å². The van der Waals surface area contributed by atoms with Gasteiger partial charge in [-0.1, -0.05) is 5.18 Å². The van der Waals surface area contributed by atoms with E-state index in [2.05, 4.69) is 5.18 Å². The second-order valence-electron chi connectivity index (χ2n) is 4.07. The van der Waals surface area contributed by atoms with E-state index in [9.17, 15) is 13.7 Å². The van der Waals surface area contributed by atoms with E-state index in [0.717, 1.165) is 6.42 Å². The number of nitroso groups, excluding NO2 is 1. The van der Waals surface area contributed by atoms with Gasteiger partial charge in [0.2, 0.25) is 0 Å².